The molecule has 1 aromatic heterocycles. The molecule has 1 aliphatic rings. The van der Waals surface area contributed by atoms with E-state index >= 15 is 0 Å². The largest absolute Gasteiger partial charge is 0.353 e. The summed E-state index contributed by atoms with van der Waals surface area (Å²) in [6, 6.07) is 2.01. The third-order valence-electron chi connectivity index (χ3n) is 5.00. The molecule has 7 nitrogen and oxygen atoms in total. The van der Waals surface area contributed by atoms with Crippen LogP contribution in [-0.2, 0) is 19.7 Å². The molecule has 1 fully saturated rings. The average Bonchev–Trinajstić information content (AvgIpc) is 3.10. The Balaban J connectivity index is 1.93. The topological polar surface area (TPSA) is 85.6 Å². The molecule has 1 aliphatic heterocycles. The summed E-state index contributed by atoms with van der Waals surface area (Å²) in [7, 11) is 0. The van der Waals surface area contributed by atoms with Crippen molar-refractivity contribution in [3.05, 3.63) is 11.8 Å². The first-order chi connectivity index (χ1) is 12.6. The maximum absolute atomic E-state index is 12.6. The van der Waals surface area contributed by atoms with E-state index in [0.717, 1.165) is 38.0 Å². The Labute approximate surface area is 162 Å². The van der Waals surface area contributed by atoms with Crippen LogP contribution in [0.3, 0.4) is 0 Å². The Kier molecular flexibility index (Phi) is 7.42. The number of amides is 1. The van der Waals surface area contributed by atoms with Gasteiger partial charge in [0.2, 0.25) is 11.8 Å². The van der Waals surface area contributed by atoms with Crippen LogP contribution in [0.1, 0.15) is 72.9 Å². The summed E-state index contributed by atoms with van der Waals surface area (Å²) in [6.07, 6.45) is 3.96. The standard InChI is InChI=1S/C20H35N3O4/c1-7-14(2)22-20(5,6)18(24)21-16-12-15(23-27-16)19(3,4)13-26-17-10-8-9-11-25-17/h12,14,17,22H,7-11,13H2,1-6H3,(H,21,24)/t14-,17?/m0/s1. The minimum atomic E-state index is -0.709. The van der Waals surface area contributed by atoms with E-state index in [-0.39, 0.29) is 23.7 Å². The number of rotatable bonds is 9. The predicted molar refractivity (Wildman–Crippen MR) is 105 cm³/mol. The summed E-state index contributed by atoms with van der Waals surface area (Å²) in [5, 5.41) is 10.3. The fourth-order valence-corrected chi connectivity index (χ4v) is 2.92. The van der Waals surface area contributed by atoms with Gasteiger partial charge in [-0.1, -0.05) is 25.9 Å². The van der Waals surface area contributed by atoms with Gasteiger partial charge in [-0.2, -0.15) is 0 Å². The summed E-state index contributed by atoms with van der Waals surface area (Å²) >= 11 is 0. The number of anilines is 1. The van der Waals surface area contributed by atoms with Crippen LogP contribution in [0.25, 0.3) is 0 Å². The number of nitrogens with zero attached hydrogens (tertiary/aromatic N) is 1. The zero-order chi connectivity index (χ0) is 20.1. The first-order valence-electron chi connectivity index (χ1n) is 9.93. The average molecular weight is 382 g/mol. The van der Waals surface area contributed by atoms with Crippen LogP contribution in [0.15, 0.2) is 10.6 Å². The lowest BCUT2D eigenvalue weighted by atomic mass is 9.90. The number of ether oxygens (including phenoxy) is 2. The van der Waals surface area contributed by atoms with Crippen molar-refractivity contribution in [1.82, 2.24) is 10.5 Å². The molecule has 154 valence electrons. The number of carbonyl (C=O) groups is 1. The minimum absolute atomic E-state index is 0.142. The molecule has 0 spiro atoms. The summed E-state index contributed by atoms with van der Waals surface area (Å²) in [5.41, 5.74) is -0.321. The first kappa shape index (κ1) is 21.9. The normalized spacial score (nSPS) is 19.7. The lowest BCUT2D eigenvalue weighted by molar-refractivity contribution is -0.170. The van der Waals surface area contributed by atoms with Crippen LogP contribution in [0, 0.1) is 0 Å². The zero-order valence-electron chi connectivity index (χ0n) is 17.6. The van der Waals surface area contributed by atoms with Crippen LogP contribution in [0.5, 0.6) is 0 Å². The van der Waals surface area contributed by atoms with Gasteiger partial charge >= 0.3 is 0 Å². The highest BCUT2D eigenvalue weighted by Gasteiger charge is 2.31. The molecule has 0 aliphatic carbocycles. The smallest absolute Gasteiger partial charge is 0.246 e. The Bertz CT molecular complexity index is 606. The van der Waals surface area contributed by atoms with E-state index in [1.807, 2.05) is 27.7 Å². The van der Waals surface area contributed by atoms with E-state index in [9.17, 15) is 4.79 Å². The molecule has 0 saturated carbocycles. The van der Waals surface area contributed by atoms with Crippen molar-refractivity contribution in [3.63, 3.8) is 0 Å². The Morgan fingerprint density at radius 3 is 2.74 bits per heavy atom. The molecule has 2 atom stereocenters. The molecule has 0 bridgehead atoms. The van der Waals surface area contributed by atoms with E-state index < -0.39 is 5.54 Å². The van der Waals surface area contributed by atoms with Gasteiger partial charge < -0.3 is 19.3 Å². The van der Waals surface area contributed by atoms with E-state index in [1.165, 1.54) is 0 Å². The second-order valence-corrected chi connectivity index (χ2v) is 8.60. The zero-order valence-corrected chi connectivity index (χ0v) is 17.6. The molecular formula is C20H35N3O4. The van der Waals surface area contributed by atoms with Crippen LogP contribution >= 0.6 is 0 Å². The van der Waals surface area contributed by atoms with E-state index in [0.29, 0.717) is 12.5 Å². The van der Waals surface area contributed by atoms with Gasteiger partial charge in [0.25, 0.3) is 0 Å². The maximum atomic E-state index is 12.6. The summed E-state index contributed by atoms with van der Waals surface area (Å²) in [5.74, 6) is 0.186. The van der Waals surface area contributed by atoms with Crippen LogP contribution in [0.2, 0.25) is 0 Å². The second kappa shape index (κ2) is 9.17. The van der Waals surface area contributed by atoms with Crippen molar-refractivity contribution in [2.75, 3.05) is 18.5 Å². The Hall–Kier alpha value is -1.44. The molecule has 7 heteroatoms. The molecule has 2 heterocycles. The van der Waals surface area contributed by atoms with Crippen molar-refractivity contribution < 1.29 is 18.8 Å². The second-order valence-electron chi connectivity index (χ2n) is 8.60. The van der Waals surface area contributed by atoms with E-state index in [4.69, 9.17) is 14.0 Å². The van der Waals surface area contributed by atoms with Crippen molar-refractivity contribution in [1.29, 1.82) is 0 Å². The van der Waals surface area contributed by atoms with Gasteiger partial charge in [-0.05, 0) is 46.5 Å². The summed E-state index contributed by atoms with van der Waals surface area (Å²) in [4.78, 5) is 12.6. The van der Waals surface area contributed by atoms with Gasteiger partial charge in [-0.15, -0.1) is 0 Å². The molecule has 1 aromatic rings. The molecule has 1 saturated heterocycles. The highest BCUT2D eigenvalue weighted by atomic mass is 16.7. The van der Waals surface area contributed by atoms with Gasteiger partial charge in [0.1, 0.15) is 0 Å². The Morgan fingerprint density at radius 2 is 2.11 bits per heavy atom. The lowest BCUT2D eigenvalue weighted by Crippen LogP contribution is -2.53. The fraction of sp³-hybridized carbons (Fsp3) is 0.800. The van der Waals surface area contributed by atoms with Crippen LogP contribution in [-0.4, -0.2) is 42.1 Å². The SMILES string of the molecule is CC[C@H](C)NC(C)(C)C(=O)Nc1cc(C(C)(C)COC2CCCCO2)no1. The van der Waals surface area contributed by atoms with Crippen molar-refractivity contribution in [2.45, 2.75) is 90.5 Å². The fourth-order valence-electron chi connectivity index (χ4n) is 2.92. The Morgan fingerprint density at radius 1 is 1.37 bits per heavy atom. The van der Waals surface area contributed by atoms with Crippen LogP contribution < -0.4 is 10.6 Å². The van der Waals surface area contributed by atoms with Gasteiger partial charge in [0.15, 0.2) is 6.29 Å². The van der Waals surface area contributed by atoms with E-state index in [2.05, 4.69) is 29.6 Å². The molecule has 2 rings (SSSR count). The van der Waals surface area contributed by atoms with Gasteiger partial charge in [-0.3, -0.25) is 10.1 Å². The van der Waals surface area contributed by atoms with Gasteiger partial charge in [0.05, 0.1) is 17.8 Å². The summed E-state index contributed by atoms with van der Waals surface area (Å²) < 4.78 is 16.9. The molecular weight excluding hydrogens is 346 g/mol. The third kappa shape index (κ3) is 6.30. The number of carbonyl (C=O) groups excluding carboxylic acids is 1. The maximum Gasteiger partial charge on any atom is 0.246 e. The number of aromatic nitrogens is 1. The summed E-state index contributed by atoms with van der Waals surface area (Å²) in [6.45, 7) is 13.1. The van der Waals surface area contributed by atoms with Crippen molar-refractivity contribution in [3.8, 4) is 0 Å². The molecule has 0 aromatic carbocycles. The number of nitrogens with one attached hydrogen (secondary N) is 2. The predicted octanol–water partition coefficient (Wildman–Crippen LogP) is 3.60. The van der Waals surface area contributed by atoms with Crippen molar-refractivity contribution in [2.24, 2.45) is 0 Å². The third-order valence-corrected chi connectivity index (χ3v) is 5.00. The monoisotopic (exact) mass is 381 g/mol. The van der Waals surface area contributed by atoms with Gasteiger partial charge in [-0.25, -0.2) is 0 Å². The van der Waals surface area contributed by atoms with E-state index in [1.54, 1.807) is 6.07 Å². The number of hydrogen-bond donors (Lipinski definition) is 2. The lowest BCUT2D eigenvalue weighted by Gasteiger charge is -2.28. The quantitative estimate of drug-likeness (QED) is 0.680. The molecule has 1 amide bonds. The highest BCUT2D eigenvalue weighted by Crippen LogP contribution is 2.27. The van der Waals surface area contributed by atoms with Crippen LogP contribution in [0.4, 0.5) is 5.88 Å². The number of hydrogen-bond acceptors (Lipinski definition) is 6. The van der Waals surface area contributed by atoms with Crippen molar-refractivity contribution >= 4 is 11.8 Å². The van der Waals surface area contributed by atoms with Gasteiger partial charge in [0, 0.05) is 24.1 Å². The minimum Gasteiger partial charge on any atom is -0.353 e. The first-order valence-corrected chi connectivity index (χ1v) is 9.93. The molecule has 0 radical (unpaired) electrons. The molecule has 1 unspecified atom stereocenters. The molecule has 2 N–H and O–H groups in total. The highest BCUT2D eigenvalue weighted by molar-refractivity contribution is 5.96. The molecule has 27 heavy (non-hydrogen) atoms.